The van der Waals surface area contributed by atoms with Crippen molar-refractivity contribution in [2.75, 3.05) is 0 Å². The number of carbonyl (C=O) groups excluding carboxylic acids is 3. The number of hydrogen-bond acceptors (Lipinski definition) is 3. The van der Waals surface area contributed by atoms with Crippen molar-refractivity contribution >= 4 is 17.3 Å². The zero-order chi connectivity index (χ0) is 12.3. The van der Waals surface area contributed by atoms with Gasteiger partial charge in [-0.15, -0.1) is 0 Å². The fraction of sp³-hybridized carbons (Fsp3) is 0.308. The van der Waals surface area contributed by atoms with Gasteiger partial charge in [0.2, 0.25) is 0 Å². The second-order valence-electron chi connectivity index (χ2n) is 3.83. The standard InChI is InChI=1S/C13H14O3/c1-8(14)11-4-6-12(7-5-11)13(9(2)15)10(3)16/h4-7,13H,1-3H3. The largest absolute Gasteiger partial charge is 0.299 e. The molecule has 0 aromatic heterocycles. The highest BCUT2D eigenvalue weighted by molar-refractivity contribution is 6.05. The first-order valence-corrected chi connectivity index (χ1v) is 5.05. The van der Waals surface area contributed by atoms with Crippen molar-refractivity contribution in [1.29, 1.82) is 0 Å². The maximum atomic E-state index is 11.3. The van der Waals surface area contributed by atoms with E-state index in [-0.39, 0.29) is 17.3 Å². The molecular weight excluding hydrogens is 204 g/mol. The van der Waals surface area contributed by atoms with E-state index in [0.717, 1.165) is 0 Å². The maximum Gasteiger partial charge on any atom is 0.159 e. The molecule has 0 saturated heterocycles. The number of rotatable bonds is 4. The minimum Gasteiger partial charge on any atom is -0.299 e. The van der Waals surface area contributed by atoms with E-state index in [1.165, 1.54) is 20.8 Å². The lowest BCUT2D eigenvalue weighted by molar-refractivity contribution is -0.126. The number of carbonyl (C=O) groups is 3. The third-order valence-corrected chi connectivity index (χ3v) is 2.46. The van der Waals surface area contributed by atoms with Gasteiger partial charge in [-0.1, -0.05) is 24.3 Å². The Morgan fingerprint density at radius 3 is 1.62 bits per heavy atom. The fourth-order valence-corrected chi connectivity index (χ4v) is 1.67. The minimum atomic E-state index is -0.707. The van der Waals surface area contributed by atoms with Gasteiger partial charge in [0.05, 0.1) is 0 Å². The van der Waals surface area contributed by atoms with Crippen LogP contribution in [0.2, 0.25) is 0 Å². The molecule has 0 atom stereocenters. The highest BCUT2D eigenvalue weighted by Gasteiger charge is 2.21. The van der Waals surface area contributed by atoms with Crippen LogP contribution in [0.25, 0.3) is 0 Å². The van der Waals surface area contributed by atoms with Crippen molar-refractivity contribution in [3.63, 3.8) is 0 Å². The quantitative estimate of drug-likeness (QED) is 0.574. The molecule has 0 aliphatic heterocycles. The third kappa shape index (κ3) is 2.63. The molecule has 0 aliphatic rings. The molecule has 0 fully saturated rings. The van der Waals surface area contributed by atoms with Gasteiger partial charge >= 0.3 is 0 Å². The molecule has 0 amide bonds. The topological polar surface area (TPSA) is 51.2 Å². The normalized spacial score (nSPS) is 10.2. The van der Waals surface area contributed by atoms with Crippen LogP contribution in [0.5, 0.6) is 0 Å². The summed E-state index contributed by atoms with van der Waals surface area (Å²) in [6.07, 6.45) is 0. The molecule has 1 aromatic rings. The van der Waals surface area contributed by atoms with Gasteiger partial charge in [-0.05, 0) is 26.3 Å². The third-order valence-electron chi connectivity index (χ3n) is 2.46. The smallest absolute Gasteiger partial charge is 0.159 e. The van der Waals surface area contributed by atoms with Gasteiger partial charge in [0.15, 0.2) is 5.78 Å². The highest BCUT2D eigenvalue weighted by atomic mass is 16.1. The van der Waals surface area contributed by atoms with Gasteiger partial charge < -0.3 is 0 Å². The summed E-state index contributed by atoms with van der Waals surface area (Å²) < 4.78 is 0. The Balaban J connectivity index is 3.08. The van der Waals surface area contributed by atoms with Crippen molar-refractivity contribution in [1.82, 2.24) is 0 Å². The molecule has 3 nitrogen and oxygen atoms in total. The summed E-state index contributed by atoms with van der Waals surface area (Å²) in [5.41, 5.74) is 1.22. The van der Waals surface area contributed by atoms with Gasteiger partial charge in [0, 0.05) is 5.56 Å². The van der Waals surface area contributed by atoms with E-state index >= 15 is 0 Å². The van der Waals surface area contributed by atoms with Crippen molar-refractivity contribution in [3.05, 3.63) is 35.4 Å². The van der Waals surface area contributed by atoms with Gasteiger partial charge in [-0.25, -0.2) is 0 Å². The predicted octanol–water partition coefficient (Wildman–Crippen LogP) is 2.15. The van der Waals surface area contributed by atoms with Gasteiger partial charge in [0.25, 0.3) is 0 Å². The lowest BCUT2D eigenvalue weighted by atomic mass is 9.91. The molecule has 0 saturated carbocycles. The second-order valence-corrected chi connectivity index (χ2v) is 3.83. The van der Waals surface area contributed by atoms with E-state index in [9.17, 15) is 14.4 Å². The zero-order valence-corrected chi connectivity index (χ0v) is 9.61. The van der Waals surface area contributed by atoms with Crippen LogP contribution < -0.4 is 0 Å². The van der Waals surface area contributed by atoms with Gasteiger partial charge in [-0.2, -0.15) is 0 Å². The average molecular weight is 218 g/mol. The number of hydrogen-bond donors (Lipinski definition) is 0. The molecule has 0 radical (unpaired) electrons. The number of benzene rings is 1. The molecule has 16 heavy (non-hydrogen) atoms. The van der Waals surface area contributed by atoms with E-state index < -0.39 is 5.92 Å². The Bertz CT molecular complexity index is 415. The lowest BCUT2D eigenvalue weighted by Gasteiger charge is -2.10. The second kappa shape index (κ2) is 4.84. The first-order valence-electron chi connectivity index (χ1n) is 5.05. The van der Waals surface area contributed by atoms with Crippen LogP contribution in [0.1, 0.15) is 42.6 Å². The van der Waals surface area contributed by atoms with Crippen LogP contribution in [-0.4, -0.2) is 17.3 Å². The summed E-state index contributed by atoms with van der Waals surface area (Å²) in [7, 11) is 0. The van der Waals surface area contributed by atoms with Crippen molar-refractivity contribution < 1.29 is 14.4 Å². The molecule has 0 aliphatic carbocycles. The van der Waals surface area contributed by atoms with Crippen molar-refractivity contribution in [2.24, 2.45) is 0 Å². The van der Waals surface area contributed by atoms with Crippen LogP contribution in [0.3, 0.4) is 0 Å². The van der Waals surface area contributed by atoms with Crippen molar-refractivity contribution in [3.8, 4) is 0 Å². The monoisotopic (exact) mass is 218 g/mol. The molecule has 0 heterocycles. The van der Waals surface area contributed by atoms with Crippen LogP contribution in [0.15, 0.2) is 24.3 Å². The summed E-state index contributed by atoms with van der Waals surface area (Å²) in [5.74, 6) is -1.10. The van der Waals surface area contributed by atoms with E-state index in [0.29, 0.717) is 11.1 Å². The summed E-state index contributed by atoms with van der Waals surface area (Å²) in [4.78, 5) is 33.7. The maximum absolute atomic E-state index is 11.3. The average Bonchev–Trinajstić information content (AvgIpc) is 2.17. The van der Waals surface area contributed by atoms with Gasteiger partial charge in [0.1, 0.15) is 17.5 Å². The van der Waals surface area contributed by atoms with Crippen LogP contribution >= 0.6 is 0 Å². The van der Waals surface area contributed by atoms with Gasteiger partial charge in [-0.3, -0.25) is 14.4 Å². The molecule has 1 rings (SSSR count). The summed E-state index contributed by atoms with van der Waals surface area (Å²) in [6.45, 7) is 4.26. The first-order chi connectivity index (χ1) is 7.43. The summed E-state index contributed by atoms with van der Waals surface area (Å²) in [6, 6.07) is 6.58. The molecular formula is C13H14O3. The Hall–Kier alpha value is -1.77. The molecule has 0 spiro atoms. The number of Topliss-reactive ketones (excluding diaryl/α,β-unsaturated/α-hetero) is 3. The van der Waals surface area contributed by atoms with Crippen LogP contribution in [0.4, 0.5) is 0 Å². The SMILES string of the molecule is CC(=O)c1ccc(C(C(C)=O)C(C)=O)cc1. The Labute approximate surface area is 94.5 Å². The molecule has 1 aromatic carbocycles. The van der Waals surface area contributed by atoms with Crippen molar-refractivity contribution in [2.45, 2.75) is 26.7 Å². The molecule has 3 heteroatoms. The molecule has 0 bridgehead atoms. The zero-order valence-electron chi connectivity index (χ0n) is 9.61. The molecule has 0 N–H and O–H groups in total. The highest BCUT2D eigenvalue weighted by Crippen LogP contribution is 2.18. The van der Waals surface area contributed by atoms with E-state index in [4.69, 9.17) is 0 Å². The molecule has 0 unspecified atom stereocenters. The Kier molecular flexibility index (Phi) is 3.72. The summed E-state index contributed by atoms with van der Waals surface area (Å²) >= 11 is 0. The van der Waals surface area contributed by atoms with E-state index in [2.05, 4.69) is 0 Å². The van der Waals surface area contributed by atoms with Crippen LogP contribution in [-0.2, 0) is 9.59 Å². The fourth-order valence-electron chi connectivity index (χ4n) is 1.67. The van der Waals surface area contributed by atoms with E-state index in [1.54, 1.807) is 24.3 Å². The predicted molar refractivity (Wildman–Crippen MR) is 60.5 cm³/mol. The van der Waals surface area contributed by atoms with Crippen LogP contribution in [0, 0.1) is 0 Å². The summed E-state index contributed by atoms with van der Waals surface area (Å²) in [5, 5.41) is 0. The number of ketones is 3. The lowest BCUT2D eigenvalue weighted by Crippen LogP contribution is -2.17. The first kappa shape index (κ1) is 12.3. The minimum absolute atomic E-state index is 0.0336. The Morgan fingerprint density at radius 1 is 0.875 bits per heavy atom. The van der Waals surface area contributed by atoms with E-state index in [1.807, 2.05) is 0 Å². The Morgan fingerprint density at radius 2 is 1.31 bits per heavy atom. The molecule has 84 valence electrons.